The van der Waals surface area contributed by atoms with Gasteiger partial charge in [0.15, 0.2) is 0 Å². The van der Waals surface area contributed by atoms with Gasteiger partial charge in [-0.05, 0) is 25.2 Å². The van der Waals surface area contributed by atoms with Gasteiger partial charge in [-0.1, -0.05) is 26.7 Å². The highest BCUT2D eigenvalue weighted by Gasteiger charge is 2.45. The van der Waals surface area contributed by atoms with Crippen molar-refractivity contribution in [2.24, 2.45) is 5.92 Å². The molecule has 0 spiro atoms. The Bertz CT molecular complexity index is 143. The van der Waals surface area contributed by atoms with Crippen LogP contribution in [0.4, 0.5) is 0 Å². The summed E-state index contributed by atoms with van der Waals surface area (Å²) < 4.78 is 5.47. The molecule has 0 amide bonds. The molecule has 2 heteroatoms. The highest BCUT2D eigenvalue weighted by Crippen LogP contribution is 2.41. The highest BCUT2D eigenvalue weighted by molar-refractivity contribution is 4.97. The van der Waals surface area contributed by atoms with Crippen LogP contribution in [0, 0.1) is 5.92 Å². The highest BCUT2D eigenvalue weighted by atomic mass is 16.5. The van der Waals surface area contributed by atoms with Gasteiger partial charge in [-0.25, -0.2) is 0 Å². The smallest absolute Gasteiger partial charge is 0.0939 e. The Balaban J connectivity index is 2.57. The lowest BCUT2D eigenvalue weighted by atomic mass is 9.71. The zero-order valence-corrected chi connectivity index (χ0v) is 9.05. The van der Waals surface area contributed by atoms with E-state index in [0.717, 1.165) is 25.7 Å². The van der Waals surface area contributed by atoms with Crippen LogP contribution in [0.5, 0.6) is 0 Å². The topological polar surface area (TPSA) is 29.5 Å². The summed E-state index contributed by atoms with van der Waals surface area (Å²) in [5.74, 6) is 0.403. The van der Waals surface area contributed by atoms with Gasteiger partial charge in [0.05, 0.1) is 11.7 Å². The first-order chi connectivity index (χ1) is 6.20. The van der Waals surface area contributed by atoms with Crippen molar-refractivity contribution in [2.75, 3.05) is 7.11 Å². The summed E-state index contributed by atoms with van der Waals surface area (Å²) in [6.45, 7) is 4.28. The Morgan fingerprint density at radius 1 is 1.31 bits per heavy atom. The van der Waals surface area contributed by atoms with Crippen molar-refractivity contribution in [2.45, 2.75) is 57.7 Å². The molecule has 0 bridgehead atoms. The molecule has 0 saturated heterocycles. The van der Waals surface area contributed by atoms with Crippen molar-refractivity contribution in [3.8, 4) is 0 Å². The van der Waals surface area contributed by atoms with Crippen molar-refractivity contribution in [1.29, 1.82) is 0 Å². The first-order valence-corrected chi connectivity index (χ1v) is 5.43. The lowest BCUT2D eigenvalue weighted by Gasteiger charge is -2.46. The summed E-state index contributed by atoms with van der Waals surface area (Å²) >= 11 is 0. The number of hydrogen-bond donors (Lipinski definition) is 1. The third-order valence-electron chi connectivity index (χ3n) is 3.64. The summed E-state index contributed by atoms with van der Waals surface area (Å²) in [6.07, 6.45) is 5.08. The minimum atomic E-state index is -0.263. The van der Waals surface area contributed by atoms with E-state index in [1.165, 1.54) is 6.42 Å². The van der Waals surface area contributed by atoms with E-state index in [9.17, 15) is 5.11 Å². The Morgan fingerprint density at radius 3 is 2.08 bits per heavy atom. The van der Waals surface area contributed by atoms with E-state index in [-0.39, 0.29) is 11.7 Å². The van der Waals surface area contributed by atoms with Gasteiger partial charge >= 0.3 is 0 Å². The second kappa shape index (κ2) is 4.43. The molecule has 1 N–H and O–H groups in total. The van der Waals surface area contributed by atoms with E-state index >= 15 is 0 Å². The van der Waals surface area contributed by atoms with Crippen LogP contribution in [-0.4, -0.2) is 23.9 Å². The maximum Gasteiger partial charge on any atom is 0.0939 e. The van der Waals surface area contributed by atoms with Gasteiger partial charge < -0.3 is 9.84 Å². The van der Waals surface area contributed by atoms with Crippen molar-refractivity contribution in [1.82, 2.24) is 0 Å². The van der Waals surface area contributed by atoms with Crippen LogP contribution in [0.1, 0.15) is 46.0 Å². The van der Waals surface area contributed by atoms with Crippen molar-refractivity contribution >= 4 is 0 Å². The summed E-state index contributed by atoms with van der Waals surface area (Å²) in [7, 11) is 1.73. The lowest BCUT2D eigenvalue weighted by Crippen LogP contribution is -2.52. The molecular weight excluding hydrogens is 164 g/mol. The summed E-state index contributed by atoms with van der Waals surface area (Å²) in [4.78, 5) is 0. The van der Waals surface area contributed by atoms with E-state index in [1.54, 1.807) is 7.11 Å². The second-order valence-corrected chi connectivity index (χ2v) is 4.14. The number of ether oxygens (including phenoxy) is 1. The number of aliphatic hydroxyl groups is 1. The van der Waals surface area contributed by atoms with Crippen LogP contribution in [-0.2, 0) is 4.74 Å². The Hall–Kier alpha value is -0.0800. The molecule has 2 nitrogen and oxygen atoms in total. The minimum Gasteiger partial charge on any atom is -0.390 e. The quantitative estimate of drug-likeness (QED) is 0.714. The fourth-order valence-corrected chi connectivity index (χ4v) is 2.31. The third-order valence-corrected chi connectivity index (χ3v) is 3.64. The molecule has 0 radical (unpaired) electrons. The van der Waals surface area contributed by atoms with Crippen LogP contribution < -0.4 is 0 Å². The van der Waals surface area contributed by atoms with Gasteiger partial charge in [-0.15, -0.1) is 0 Å². The first kappa shape index (κ1) is 11.0. The minimum absolute atomic E-state index is 0.198. The van der Waals surface area contributed by atoms with Crippen LogP contribution >= 0.6 is 0 Å². The summed E-state index contributed by atoms with van der Waals surface area (Å²) in [5.41, 5.74) is -0.198. The van der Waals surface area contributed by atoms with E-state index in [2.05, 4.69) is 13.8 Å². The number of methoxy groups -OCH3 is 1. The molecule has 0 aliphatic heterocycles. The fraction of sp³-hybridized carbons (Fsp3) is 1.00. The number of hydrogen-bond acceptors (Lipinski definition) is 2. The normalized spacial score (nSPS) is 22.8. The van der Waals surface area contributed by atoms with Gasteiger partial charge in [0.1, 0.15) is 0 Å². The summed E-state index contributed by atoms with van der Waals surface area (Å²) in [6, 6.07) is 0. The molecule has 1 saturated carbocycles. The molecule has 0 aromatic rings. The van der Waals surface area contributed by atoms with Crippen LogP contribution in [0.25, 0.3) is 0 Å². The molecule has 13 heavy (non-hydrogen) atoms. The van der Waals surface area contributed by atoms with Gasteiger partial charge in [0.2, 0.25) is 0 Å². The lowest BCUT2D eigenvalue weighted by molar-refractivity contribution is -0.167. The van der Waals surface area contributed by atoms with Crippen LogP contribution in [0.2, 0.25) is 0 Å². The number of rotatable bonds is 5. The summed E-state index contributed by atoms with van der Waals surface area (Å²) in [5, 5.41) is 10.2. The van der Waals surface area contributed by atoms with Crippen LogP contribution in [0.15, 0.2) is 0 Å². The number of aliphatic hydroxyl groups excluding tert-OH is 1. The van der Waals surface area contributed by atoms with E-state index in [0.29, 0.717) is 5.92 Å². The van der Waals surface area contributed by atoms with Gasteiger partial charge in [-0.2, -0.15) is 0 Å². The Kier molecular flexibility index (Phi) is 3.74. The average molecular weight is 186 g/mol. The molecule has 1 atom stereocenters. The van der Waals surface area contributed by atoms with Crippen molar-refractivity contribution < 1.29 is 9.84 Å². The predicted molar refractivity (Wildman–Crippen MR) is 53.7 cm³/mol. The van der Waals surface area contributed by atoms with E-state index in [4.69, 9.17) is 4.74 Å². The second-order valence-electron chi connectivity index (χ2n) is 4.14. The maximum absolute atomic E-state index is 10.2. The zero-order valence-electron chi connectivity index (χ0n) is 9.05. The average Bonchev–Trinajstić information content (AvgIpc) is 2.05. The van der Waals surface area contributed by atoms with Gasteiger partial charge in [0.25, 0.3) is 0 Å². The molecule has 0 aromatic carbocycles. The largest absolute Gasteiger partial charge is 0.390 e. The fourth-order valence-electron chi connectivity index (χ4n) is 2.31. The molecule has 0 heterocycles. The zero-order chi connectivity index (χ0) is 9.90. The van der Waals surface area contributed by atoms with E-state index in [1.807, 2.05) is 0 Å². The predicted octanol–water partition coefficient (Wildman–Crippen LogP) is 2.35. The van der Waals surface area contributed by atoms with Gasteiger partial charge in [-0.3, -0.25) is 0 Å². The standard InChI is InChI=1S/C11H22O2/c1-4-9(5-2)10(12)11(13-3)7-6-8-11/h9-10,12H,4-8H2,1-3H3. The molecule has 1 fully saturated rings. The Labute approximate surface area is 81.3 Å². The van der Waals surface area contributed by atoms with Crippen LogP contribution in [0.3, 0.4) is 0 Å². The molecule has 1 rings (SSSR count). The molecule has 1 aliphatic rings. The van der Waals surface area contributed by atoms with Crippen molar-refractivity contribution in [3.63, 3.8) is 0 Å². The molecule has 78 valence electrons. The third kappa shape index (κ3) is 1.89. The molecule has 1 aliphatic carbocycles. The first-order valence-electron chi connectivity index (χ1n) is 5.43. The van der Waals surface area contributed by atoms with E-state index < -0.39 is 0 Å². The monoisotopic (exact) mass is 186 g/mol. The Morgan fingerprint density at radius 2 is 1.85 bits per heavy atom. The SMILES string of the molecule is CCC(CC)C(O)C1(OC)CCC1. The molecule has 1 unspecified atom stereocenters. The molecule has 0 aromatic heterocycles. The van der Waals surface area contributed by atoms with Crippen molar-refractivity contribution in [3.05, 3.63) is 0 Å². The maximum atomic E-state index is 10.2. The molecular formula is C11H22O2. The van der Waals surface area contributed by atoms with Gasteiger partial charge in [0, 0.05) is 7.11 Å².